The minimum atomic E-state index is 0.0964. The number of rotatable bonds is 3. The number of aromatic nitrogens is 1. The van der Waals surface area contributed by atoms with Gasteiger partial charge in [-0.2, -0.15) is 0 Å². The number of nitrogens with two attached hydrogens (primary N) is 1. The summed E-state index contributed by atoms with van der Waals surface area (Å²) in [7, 11) is 0. The molecule has 15 heavy (non-hydrogen) atoms. The van der Waals surface area contributed by atoms with E-state index in [2.05, 4.69) is 4.98 Å². The van der Waals surface area contributed by atoms with Crippen LogP contribution in [0.3, 0.4) is 0 Å². The van der Waals surface area contributed by atoms with Gasteiger partial charge in [-0.25, -0.2) is 4.98 Å². The quantitative estimate of drug-likeness (QED) is 0.772. The van der Waals surface area contributed by atoms with E-state index in [1.54, 1.807) is 18.3 Å². The highest BCUT2D eigenvalue weighted by atomic mass is 32.1. The highest BCUT2D eigenvalue weighted by Crippen LogP contribution is 2.15. The fourth-order valence-corrected chi connectivity index (χ4v) is 1.53. The van der Waals surface area contributed by atoms with E-state index in [1.165, 1.54) is 0 Å². The molecule has 1 aromatic rings. The summed E-state index contributed by atoms with van der Waals surface area (Å²) >= 11 is 4.87. The summed E-state index contributed by atoms with van der Waals surface area (Å²) in [5.41, 5.74) is 6.29. The average molecular weight is 224 g/mol. The van der Waals surface area contributed by atoms with Crippen LogP contribution in [0.5, 0.6) is 5.88 Å². The Morgan fingerprint density at radius 1 is 1.67 bits per heavy atom. The largest absolute Gasteiger partial charge is 0.472 e. The molecule has 0 aliphatic carbocycles. The van der Waals surface area contributed by atoms with Crippen molar-refractivity contribution in [2.75, 3.05) is 13.2 Å². The van der Waals surface area contributed by atoms with Crippen LogP contribution in [0, 0.1) is 0 Å². The van der Waals surface area contributed by atoms with E-state index in [9.17, 15) is 0 Å². The molecule has 1 atom stereocenters. The molecule has 1 fully saturated rings. The average Bonchev–Trinajstić information content (AvgIpc) is 2.71. The third kappa shape index (κ3) is 2.64. The molecule has 5 heteroatoms. The summed E-state index contributed by atoms with van der Waals surface area (Å²) in [5, 5.41) is 0. The van der Waals surface area contributed by atoms with Crippen LogP contribution >= 0.6 is 12.2 Å². The molecule has 0 bridgehead atoms. The molecule has 2 N–H and O–H groups in total. The maximum atomic E-state index is 5.61. The lowest BCUT2D eigenvalue weighted by Gasteiger charge is -2.10. The van der Waals surface area contributed by atoms with Crippen molar-refractivity contribution in [1.29, 1.82) is 0 Å². The second-order valence-electron chi connectivity index (χ2n) is 3.35. The predicted molar refractivity (Wildman–Crippen MR) is 60.0 cm³/mol. The van der Waals surface area contributed by atoms with Gasteiger partial charge in [-0.3, -0.25) is 0 Å². The van der Waals surface area contributed by atoms with Crippen molar-refractivity contribution in [2.45, 2.75) is 12.5 Å². The Morgan fingerprint density at radius 3 is 3.20 bits per heavy atom. The van der Waals surface area contributed by atoms with Crippen LogP contribution in [0.2, 0.25) is 0 Å². The van der Waals surface area contributed by atoms with Crippen molar-refractivity contribution in [3.8, 4) is 5.88 Å². The van der Waals surface area contributed by atoms with Crippen LogP contribution in [0.25, 0.3) is 0 Å². The van der Waals surface area contributed by atoms with Gasteiger partial charge in [0.05, 0.1) is 13.2 Å². The van der Waals surface area contributed by atoms with E-state index in [1.807, 2.05) is 0 Å². The van der Waals surface area contributed by atoms with E-state index in [-0.39, 0.29) is 6.10 Å². The third-order valence-electron chi connectivity index (χ3n) is 2.19. The number of nitrogens with zero attached hydrogens (tertiary/aromatic N) is 1. The number of pyridine rings is 1. The molecule has 80 valence electrons. The summed E-state index contributed by atoms with van der Waals surface area (Å²) in [4.78, 5) is 4.44. The van der Waals surface area contributed by atoms with Gasteiger partial charge >= 0.3 is 0 Å². The zero-order valence-corrected chi connectivity index (χ0v) is 9.00. The zero-order valence-electron chi connectivity index (χ0n) is 8.18. The van der Waals surface area contributed by atoms with Gasteiger partial charge in [0.2, 0.25) is 5.88 Å². The van der Waals surface area contributed by atoms with E-state index in [0.29, 0.717) is 17.5 Å². The lowest BCUT2D eigenvalue weighted by Crippen LogP contribution is -2.17. The van der Waals surface area contributed by atoms with Gasteiger partial charge in [0.1, 0.15) is 11.1 Å². The normalized spacial score (nSPS) is 20.1. The maximum absolute atomic E-state index is 5.61. The van der Waals surface area contributed by atoms with Crippen LogP contribution in [-0.4, -0.2) is 29.3 Å². The molecule has 1 unspecified atom stereocenters. The van der Waals surface area contributed by atoms with Crippen LogP contribution in [0.1, 0.15) is 12.0 Å². The van der Waals surface area contributed by atoms with Gasteiger partial charge in [0, 0.05) is 24.2 Å². The number of ether oxygens (including phenoxy) is 2. The minimum absolute atomic E-state index is 0.0964. The van der Waals surface area contributed by atoms with E-state index in [0.717, 1.165) is 18.6 Å². The Labute approximate surface area is 93.4 Å². The highest BCUT2D eigenvalue weighted by molar-refractivity contribution is 7.80. The van der Waals surface area contributed by atoms with Gasteiger partial charge in [-0.1, -0.05) is 12.2 Å². The molecule has 4 nitrogen and oxygen atoms in total. The molecule has 0 amide bonds. The molecular weight excluding hydrogens is 212 g/mol. The van der Waals surface area contributed by atoms with Crippen LogP contribution in [0.15, 0.2) is 18.3 Å². The highest BCUT2D eigenvalue weighted by Gasteiger charge is 2.17. The number of hydrogen-bond acceptors (Lipinski definition) is 4. The first-order chi connectivity index (χ1) is 7.25. The maximum Gasteiger partial charge on any atom is 0.214 e. The molecule has 2 rings (SSSR count). The summed E-state index contributed by atoms with van der Waals surface area (Å²) in [5.74, 6) is 0.552. The lowest BCUT2D eigenvalue weighted by atomic mass is 10.2. The van der Waals surface area contributed by atoms with E-state index in [4.69, 9.17) is 27.4 Å². The number of thiocarbonyl (C=S) groups is 1. The Hall–Kier alpha value is -1.20. The first-order valence-corrected chi connectivity index (χ1v) is 5.17. The fourth-order valence-electron chi connectivity index (χ4n) is 1.40. The van der Waals surface area contributed by atoms with Crippen molar-refractivity contribution >= 4 is 17.2 Å². The molecule has 1 aliphatic heterocycles. The van der Waals surface area contributed by atoms with Gasteiger partial charge in [0.15, 0.2) is 0 Å². The third-order valence-corrected chi connectivity index (χ3v) is 2.43. The molecule has 1 saturated heterocycles. The lowest BCUT2D eigenvalue weighted by molar-refractivity contribution is 0.138. The molecular formula is C10H12N2O2S. The van der Waals surface area contributed by atoms with Crippen molar-refractivity contribution in [3.05, 3.63) is 23.9 Å². The topological polar surface area (TPSA) is 57.4 Å². The van der Waals surface area contributed by atoms with Gasteiger partial charge in [-0.15, -0.1) is 0 Å². The molecule has 2 heterocycles. The minimum Gasteiger partial charge on any atom is -0.472 e. The van der Waals surface area contributed by atoms with E-state index < -0.39 is 0 Å². The summed E-state index contributed by atoms with van der Waals surface area (Å²) in [6.45, 7) is 1.37. The summed E-state index contributed by atoms with van der Waals surface area (Å²) in [6, 6.07) is 3.51. The monoisotopic (exact) mass is 224 g/mol. The van der Waals surface area contributed by atoms with Crippen LogP contribution in [0.4, 0.5) is 0 Å². The molecule has 1 aliphatic rings. The Balaban J connectivity index is 2.07. The molecule has 0 radical (unpaired) electrons. The second-order valence-corrected chi connectivity index (χ2v) is 3.79. The summed E-state index contributed by atoms with van der Waals surface area (Å²) < 4.78 is 10.8. The van der Waals surface area contributed by atoms with Crippen LogP contribution in [-0.2, 0) is 4.74 Å². The Bertz CT molecular complexity index is 364. The standard InChI is InChI=1S/C10H12N2O2S/c11-10(15)7-1-3-12-9(5-7)14-8-2-4-13-6-8/h1,3,5,8H,2,4,6H2,(H2,11,15). The Kier molecular flexibility index (Phi) is 3.13. The fraction of sp³-hybridized carbons (Fsp3) is 0.400. The van der Waals surface area contributed by atoms with Gasteiger partial charge in [0.25, 0.3) is 0 Å². The summed E-state index contributed by atoms with van der Waals surface area (Å²) in [6.07, 6.45) is 2.64. The smallest absolute Gasteiger partial charge is 0.214 e. The van der Waals surface area contributed by atoms with Crippen molar-refractivity contribution < 1.29 is 9.47 Å². The van der Waals surface area contributed by atoms with Crippen molar-refractivity contribution in [1.82, 2.24) is 4.98 Å². The number of hydrogen-bond donors (Lipinski definition) is 1. The first-order valence-electron chi connectivity index (χ1n) is 4.76. The SMILES string of the molecule is NC(=S)c1ccnc(OC2CCOC2)c1. The molecule has 0 aromatic carbocycles. The molecule has 0 spiro atoms. The van der Waals surface area contributed by atoms with Crippen molar-refractivity contribution in [3.63, 3.8) is 0 Å². The van der Waals surface area contributed by atoms with Crippen LogP contribution < -0.4 is 10.5 Å². The Morgan fingerprint density at radius 2 is 2.53 bits per heavy atom. The second kappa shape index (κ2) is 4.55. The molecule has 0 saturated carbocycles. The first kappa shape index (κ1) is 10.3. The van der Waals surface area contributed by atoms with Gasteiger partial charge < -0.3 is 15.2 Å². The predicted octanol–water partition coefficient (Wildman–Crippen LogP) is 0.883. The zero-order chi connectivity index (χ0) is 10.7. The van der Waals surface area contributed by atoms with Crippen molar-refractivity contribution in [2.24, 2.45) is 5.73 Å². The molecule has 1 aromatic heterocycles. The van der Waals surface area contributed by atoms with Gasteiger partial charge in [-0.05, 0) is 6.07 Å². The van der Waals surface area contributed by atoms with E-state index >= 15 is 0 Å².